The monoisotopic (exact) mass is 262 g/mol. The predicted octanol–water partition coefficient (Wildman–Crippen LogP) is 2.50. The molecule has 0 aliphatic rings. The van der Waals surface area contributed by atoms with Gasteiger partial charge in [-0.1, -0.05) is 13.3 Å². The Bertz CT molecular complexity index is 617. The van der Waals surface area contributed by atoms with Gasteiger partial charge in [0.25, 0.3) is 0 Å². The van der Waals surface area contributed by atoms with Gasteiger partial charge in [-0.15, -0.1) is 0 Å². The van der Waals surface area contributed by atoms with Gasteiger partial charge in [0, 0.05) is 11.1 Å². The molecule has 0 radical (unpaired) electrons. The average Bonchev–Trinajstić information content (AvgIpc) is 2.76. The molecule has 0 unspecified atom stereocenters. The molecule has 102 valence electrons. The molecule has 0 aliphatic heterocycles. The van der Waals surface area contributed by atoms with Crippen LogP contribution in [-0.2, 0) is 11.2 Å². The molecule has 1 aromatic heterocycles. The van der Waals surface area contributed by atoms with Crippen molar-refractivity contribution in [2.75, 3.05) is 20.0 Å². The first-order valence-electron chi connectivity index (χ1n) is 6.18. The van der Waals surface area contributed by atoms with Gasteiger partial charge < -0.3 is 20.2 Å². The number of fused-ring (bicyclic) bond motifs is 1. The first-order valence-corrected chi connectivity index (χ1v) is 6.18. The molecule has 0 spiro atoms. The van der Waals surface area contributed by atoms with Gasteiger partial charge in [0.2, 0.25) is 0 Å². The van der Waals surface area contributed by atoms with Crippen LogP contribution in [0.25, 0.3) is 10.9 Å². The Labute approximate surface area is 111 Å². The summed E-state index contributed by atoms with van der Waals surface area (Å²) in [5.74, 6) is 0.0689. The lowest BCUT2D eigenvalue weighted by molar-refractivity contribution is 0.0591. The third kappa shape index (κ3) is 2.23. The highest BCUT2D eigenvalue weighted by Gasteiger charge is 2.21. The number of carbonyl (C=O) groups excluding carboxylic acids is 1. The number of aromatic amines is 1. The van der Waals surface area contributed by atoms with E-state index in [-0.39, 0.29) is 0 Å². The van der Waals surface area contributed by atoms with Crippen LogP contribution in [-0.4, -0.2) is 25.2 Å². The molecule has 2 rings (SSSR count). The zero-order chi connectivity index (χ0) is 14.0. The number of H-pyrrole nitrogens is 1. The minimum absolute atomic E-state index is 0.322. The highest BCUT2D eigenvalue weighted by Crippen LogP contribution is 2.35. The fourth-order valence-electron chi connectivity index (χ4n) is 2.33. The summed E-state index contributed by atoms with van der Waals surface area (Å²) in [4.78, 5) is 14.8. The van der Waals surface area contributed by atoms with Crippen LogP contribution in [0.5, 0.6) is 5.75 Å². The van der Waals surface area contributed by atoms with Gasteiger partial charge in [0.05, 0.1) is 19.7 Å². The summed E-state index contributed by atoms with van der Waals surface area (Å²) >= 11 is 0. The number of benzene rings is 1. The highest BCUT2D eigenvalue weighted by atomic mass is 16.5. The molecule has 0 saturated carbocycles. The van der Waals surface area contributed by atoms with Gasteiger partial charge in [0.1, 0.15) is 0 Å². The van der Waals surface area contributed by atoms with Gasteiger partial charge >= 0.3 is 5.97 Å². The van der Waals surface area contributed by atoms with Crippen LogP contribution in [0.1, 0.15) is 29.4 Å². The van der Waals surface area contributed by atoms with Crippen LogP contribution in [0.2, 0.25) is 0 Å². The van der Waals surface area contributed by atoms with E-state index in [0.717, 1.165) is 29.3 Å². The molecule has 0 saturated heterocycles. The smallest absolute Gasteiger partial charge is 0.358 e. The summed E-state index contributed by atoms with van der Waals surface area (Å²) in [7, 11) is 2.88. The lowest BCUT2D eigenvalue weighted by Crippen LogP contribution is -2.03. The van der Waals surface area contributed by atoms with Crippen molar-refractivity contribution in [3.05, 3.63) is 23.4 Å². The Morgan fingerprint density at radius 2 is 2.11 bits per heavy atom. The molecule has 5 heteroatoms. The Balaban J connectivity index is 2.75. The van der Waals surface area contributed by atoms with E-state index in [2.05, 4.69) is 11.9 Å². The Hall–Kier alpha value is -2.17. The molecule has 0 atom stereocenters. The third-order valence-electron chi connectivity index (χ3n) is 3.07. The van der Waals surface area contributed by atoms with E-state index < -0.39 is 5.97 Å². The first-order chi connectivity index (χ1) is 9.12. The van der Waals surface area contributed by atoms with Crippen molar-refractivity contribution in [2.45, 2.75) is 19.8 Å². The van der Waals surface area contributed by atoms with E-state index in [9.17, 15) is 4.79 Å². The molecule has 1 aromatic carbocycles. The number of rotatable bonds is 4. The van der Waals surface area contributed by atoms with Gasteiger partial charge in [-0.25, -0.2) is 4.79 Å². The predicted molar refractivity (Wildman–Crippen MR) is 74.6 cm³/mol. The molecule has 0 aliphatic carbocycles. The quantitative estimate of drug-likeness (QED) is 0.655. The number of aryl methyl sites for hydroxylation is 1. The van der Waals surface area contributed by atoms with E-state index >= 15 is 0 Å². The van der Waals surface area contributed by atoms with E-state index in [0.29, 0.717) is 17.1 Å². The van der Waals surface area contributed by atoms with Crippen molar-refractivity contribution in [3.63, 3.8) is 0 Å². The summed E-state index contributed by atoms with van der Waals surface area (Å²) in [6.45, 7) is 2.09. The van der Waals surface area contributed by atoms with Gasteiger partial charge in [0.15, 0.2) is 11.4 Å². The third-order valence-corrected chi connectivity index (χ3v) is 3.07. The number of nitrogens with one attached hydrogen (secondary N) is 1. The number of ether oxygens (including phenoxy) is 2. The maximum Gasteiger partial charge on any atom is 0.358 e. The standard InChI is InChI=1S/C14H18N2O3/c1-4-5-8-6-9(15)7-10-11(8)13(18-2)12(16-10)14(17)19-3/h6-7,16H,4-5,15H2,1-3H3. The van der Waals surface area contributed by atoms with Crippen molar-refractivity contribution in [2.24, 2.45) is 0 Å². The van der Waals surface area contributed by atoms with Crippen molar-refractivity contribution < 1.29 is 14.3 Å². The minimum atomic E-state index is -0.450. The summed E-state index contributed by atoms with van der Waals surface area (Å²) in [5, 5.41) is 0.902. The SMILES string of the molecule is CCCc1cc(N)cc2[nH]c(C(=O)OC)c(OC)c12. The summed E-state index contributed by atoms with van der Waals surface area (Å²) in [6.07, 6.45) is 1.86. The molecule has 1 heterocycles. The lowest BCUT2D eigenvalue weighted by atomic mass is 10.0. The summed E-state index contributed by atoms with van der Waals surface area (Å²) in [5.41, 5.74) is 8.74. The molecular weight excluding hydrogens is 244 g/mol. The summed E-state index contributed by atoms with van der Waals surface area (Å²) in [6, 6.07) is 3.71. The van der Waals surface area contributed by atoms with E-state index in [1.165, 1.54) is 7.11 Å². The molecule has 0 bridgehead atoms. The zero-order valence-corrected chi connectivity index (χ0v) is 11.4. The van der Waals surface area contributed by atoms with Crippen LogP contribution in [0.3, 0.4) is 0 Å². The molecular formula is C14H18N2O3. The van der Waals surface area contributed by atoms with Gasteiger partial charge in [-0.3, -0.25) is 0 Å². The number of esters is 1. The van der Waals surface area contributed by atoms with Crippen molar-refractivity contribution in [1.82, 2.24) is 4.98 Å². The number of aromatic nitrogens is 1. The molecule has 2 aromatic rings. The zero-order valence-electron chi connectivity index (χ0n) is 11.4. The number of nitrogens with two attached hydrogens (primary N) is 1. The minimum Gasteiger partial charge on any atom is -0.494 e. The molecule has 0 amide bonds. The van der Waals surface area contributed by atoms with Crippen molar-refractivity contribution in [3.8, 4) is 5.75 Å². The molecule has 5 nitrogen and oxygen atoms in total. The number of hydrogen-bond acceptors (Lipinski definition) is 4. The number of methoxy groups -OCH3 is 2. The maximum absolute atomic E-state index is 11.8. The second-order valence-corrected chi connectivity index (χ2v) is 4.38. The van der Waals surface area contributed by atoms with Crippen molar-refractivity contribution >= 4 is 22.6 Å². The maximum atomic E-state index is 11.8. The van der Waals surface area contributed by atoms with E-state index in [1.807, 2.05) is 6.07 Å². The van der Waals surface area contributed by atoms with Crippen LogP contribution < -0.4 is 10.5 Å². The van der Waals surface area contributed by atoms with Gasteiger partial charge in [-0.05, 0) is 24.1 Å². The van der Waals surface area contributed by atoms with Crippen LogP contribution >= 0.6 is 0 Å². The first kappa shape index (κ1) is 13.3. The average molecular weight is 262 g/mol. The fraction of sp³-hybridized carbons (Fsp3) is 0.357. The Kier molecular flexibility index (Phi) is 3.64. The van der Waals surface area contributed by atoms with Gasteiger partial charge in [-0.2, -0.15) is 0 Å². The Morgan fingerprint density at radius 1 is 1.37 bits per heavy atom. The second-order valence-electron chi connectivity index (χ2n) is 4.38. The van der Waals surface area contributed by atoms with Crippen LogP contribution in [0.4, 0.5) is 5.69 Å². The Morgan fingerprint density at radius 3 is 2.68 bits per heavy atom. The molecule has 19 heavy (non-hydrogen) atoms. The number of hydrogen-bond donors (Lipinski definition) is 2. The van der Waals surface area contributed by atoms with E-state index in [4.69, 9.17) is 15.2 Å². The fourth-order valence-corrected chi connectivity index (χ4v) is 2.33. The molecule has 3 N–H and O–H groups in total. The normalized spacial score (nSPS) is 10.7. The van der Waals surface area contributed by atoms with Crippen molar-refractivity contribution in [1.29, 1.82) is 0 Å². The van der Waals surface area contributed by atoms with Crippen LogP contribution in [0, 0.1) is 0 Å². The topological polar surface area (TPSA) is 77.3 Å². The largest absolute Gasteiger partial charge is 0.494 e. The van der Waals surface area contributed by atoms with E-state index in [1.54, 1.807) is 13.2 Å². The highest BCUT2D eigenvalue weighted by molar-refractivity contribution is 6.03. The molecule has 0 fully saturated rings. The van der Waals surface area contributed by atoms with Crippen LogP contribution in [0.15, 0.2) is 12.1 Å². The second kappa shape index (κ2) is 5.22. The number of nitrogen functional groups attached to an aromatic ring is 1. The number of carbonyl (C=O) groups is 1. The number of anilines is 1. The lowest BCUT2D eigenvalue weighted by Gasteiger charge is -2.06. The summed E-state index contributed by atoms with van der Waals surface area (Å²) < 4.78 is 10.1.